The zero-order chi connectivity index (χ0) is 7.02. The van der Waals surface area contributed by atoms with E-state index in [2.05, 4.69) is 18.7 Å². The molecule has 1 rings (SSSR count). The summed E-state index contributed by atoms with van der Waals surface area (Å²) in [6.07, 6.45) is 0. The molecule has 0 spiro atoms. The predicted octanol–water partition coefficient (Wildman–Crippen LogP) is 0.668. The maximum atomic E-state index is 10.7. The first kappa shape index (κ1) is 6.75. The maximum Gasteiger partial charge on any atom is 0.148 e. The number of rotatable bonds is 2. The molecule has 1 aliphatic heterocycles. The number of Topliss-reactive ketones (excluding diaryl/α,β-unsaturated/α-hetero) is 1. The molecule has 2 nitrogen and oxygen atoms in total. The molecule has 0 aromatic heterocycles. The minimum atomic E-state index is 0.255. The van der Waals surface area contributed by atoms with E-state index in [9.17, 15) is 4.79 Å². The van der Waals surface area contributed by atoms with E-state index in [4.69, 9.17) is 0 Å². The van der Waals surface area contributed by atoms with Gasteiger partial charge in [0.15, 0.2) is 0 Å². The third kappa shape index (κ3) is 1.30. The average Bonchev–Trinajstić information content (AvgIpc) is 2.39. The van der Waals surface area contributed by atoms with Crippen LogP contribution in [0.2, 0.25) is 0 Å². The van der Waals surface area contributed by atoms with E-state index in [1.54, 1.807) is 6.92 Å². The number of nitrogens with zero attached hydrogens (tertiary/aromatic N) is 1. The summed E-state index contributed by atoms with van der Waals surface area (Å²) in [5.41, 5.74) is 0. The fourth-order valence-electron chi connectivity index (χ4n) is 1.09. The van der Waals surface area contributed by atoms with Gasteiger partial charge in [-0.1, -0.05) is 0 Å². The Kier molecular flexibility index (Phi) is 1.58. The number of carbonyl (C=O) groups excluding carboxylic acids is 1. The zero-order valence-electron chi connectivity index (χ0n) is 6.22. The SMILES string of the molecule is CC(=O)[C@H]1CN1C(C)C. The van der Waals surface area contributed by atoms with Crippen LogP contribution in [0.3, 0.4) is 0 Å². The molecule has 2 atom stereocenters. The molecule has 9 heavy (non-hydrogen) atoms. The van der Waals surface area contributed by atoms with Gasteiger partial charge in [0.1, 0.15) is 5.78 Å². The molecule has 0 bridgehead atoms. The van der Waals surface area contributed by atoms with Crippen molar-refractivity contribution in [2.24, 2.45) is 0 Å². The summed E-state index contributed by atoms with van der Waals surface area (Å²) >= 11 is 0. The van der Waals surface area contributed by atoms with Crippen molar-refractivity contribution >= 4 is 5.78 Å². The standard InChI is InChI=1S/C7H13NO/c1-5(2)8-4-7(8)6(3)9/h5,7H,4H2,1-3H3/t7-,8?/m1/s1. The Balaban J connectivity index is 2.33. The molecule has 0 aromatic carbocycles. The lowest BCUT2D eigenvalue weighted by Gasteiger charge is -2.03. The highest BCUT2D eigenvalue weighted by Crippen LogP contribution is 2.20. The van der Waals surface area contributed by atoms with Gasteiger partial charge in [0.05, 0.1) is 6.04 Å². The van der Waals surface area contributed by atoms with Crippen molar-refractivity contribution in [3.05, 3.63) is 0 Å². The van der Waals surface area contributed by atoms with Gasteiger partial charge in [0.25, 0.3) is 0 Å². The van der Waals surface area contributed by atoms with Crippen LogP contribution < -0.4 is 0 Å². The minimum absolute atomic E-state index is 0.255. The Bertz CT molecular complexity index is 131. The van der Waals surface area contributed by atoms with Crippen molar-refractivity contribution in [1.29, 1.82) is 0 Å². The van der Waals surface area contributed by atoms with Crippen LogP contribution in [-0.4, -0.2) is 29.3 Å². The van der Waals surface area contributed by atoms with Gasteiger partial charge in [-0.3, -0.25) is 9.69 Å². The minimum Gasteiger partial charge on any atom is -0.298 e. The normalized spacial score (nSPS) is 32.9. The average molecular weight is 127 g/mol. The number of hydrogen-bond donors (Lipinski definition) is 0. The highest BCUT2D eigenvalue weighted by atomic mass is 16.1. The summed E-state index contributed by atoms with van der Waals surface area (Å²) in [6, 6.07) is 0.795. The fraction of sp³-hybridized carbons (Fsp3) is 0.857. The van der Waals surface area contributed by atoms with Crippen LogP contribution in [0, 0.1) is 0 Å². The van der Waals surface area contributed by atoms with Crippen LogP contribution in [0.15, 0.2) is 0 Å². The molecular formula is C7H13NO. The first-order chi connectivity index (χ1) is 4.13. The van der Waals surface area contributed by atoms with Crippen LogP contribution in [0.1, 0.15) is 20.8 Å². The van der Waals surface area contributed by atoms with Crippen molar-refractivity contribution in [3.8, 4) is 0 Å². The Morgan fingerprint density at radius 3 is 2.33 bits per heavy atom. The predicted molar refractivity (Wildman–Crippen MR) is 36.3 cm³/mol. The lowest BCUT2D eigenvalue weighted by atomic mass is 10.3. The van der Waals surface area contributed by atoms with E-state index in [1.165, 1.54) is 0 Å². The van der Waals surface area contributed by atoms with Gasteiger partial charge in [0, 0.05) is 12.6 Å². The Hall–Kier alpha value is -0.370. The zero-order valence-corrected chi connectivity index (χ0v) is 6.22. The summed E-state index contributed by atoms with van der Waals surface area (Å²) in [5, 5.41) is 0. The second kappa shape index (κ2) is 2.10. The van der Waals surface area contributed by atoms with Crippen molar-refractivity contribution in [1.82, 2.24) is 4.90 Å². The molecule has 1 unspecified atom stereocenters. The molecule has 0 aromatic rings. The van der Waals surface area contributed by atoms with Crippen molar-refractivity contribution in [2.75, 3.05) is 6.54 Å². The summed E-state index contributed by atoms with van der Waals surface area (Å²) in [7, 11) is 0. The van der Waals surface area contributed by atoms with Crippen molar-refractivity contribution in [2.45, 2.75) is 32.9 Å². The lowest BCUT2D eigenvalue weighted by molar-refractivity contribution is -0.117. The van der Waals surface area contributed by atoms with Crippen LogP contribution in [-0.2, 0) is 4.79 Å². The molecule has 0 amide bonds. The van der Waals surface area contributed by atoms with Gasteiger partial charge >= 0.3 is 0 Å². The van der Waals surface area contributed by atoms with Gasteiger partial charge in [-0.15, -0.1) is 0 Å². The summed E-state index contributed by atoms with van der Waals surface area (Å²) in [4.78, 5) is 12.9. The second-order valence-corrected chi connectivity index (χ2v) is 2.92. The largest absolute Gasteiger partial charge is 0.298 e. The molecule has 1 heterocycles. The smallest absolute Gasteiger partial charge is 0.148 e. The van der Waals surface area contributed by atoms with Crippen molar-refractivity contribution < 1.29 is 4.79 Å². The number of carbonyl (C=O) groups is 1. The van der Waals surface area contributed by atoms with Crippen molar-refractivity contribution in [3.63, 3.8) is 0 Å². The number of ketones is 1. The highest BCUT2D eigenvalue weighted by Gasteiger charge is 2.39. The molecule has 1 saturated heterocycles. The monoisotopic (exact) mass is 127 g/mol. The van der Waals surface area contributed by atoms with Crippen LogP contribution in [0.5, 0.6) is 0 Å². The van der Waals surface area contributed by atoms with Crippen LogP contribution >= 0.6 is 0 Å². The maximum absolute atomic E-state index is 10.7. The molecule has 0 saturated carbocycles. The van der Waals surface area contributed by atoms with Gasteiger partial charge in [-0.05, 0) is 20.8 Å². The summed E-state index contributed by atoms with van der Waals surface area (Å²) < 4.78 is 0. The fourth-order valence-corrected chi connectivity index (χ4v) is 1.09. The van der Waals surface area contributed by atoms with E-state index < -0.39 is 0 Å². The first-order valence-corrected chi connectivity index (χ1v) is 3.39. The molecule has 1 fully saturated rings. The number of hydrogen-bond acceptors (Lipinski definition) is 2. The third-order valence-electron chi connectivity index (χ3n) is 1.78. The Morgan fingerprint density at radius 2 is 2.22 bits per heavy atom. The van der Waals surface area contributed by atoms with E-state index in [-0.39, 0.29) is 6.04 Å². The molecule has 0 radical (unpaired) electrons. The first-order valence-electron chi connectivity index (χ1n) is 3.39. The van der Waals surface area contributed by atoms with Gasteiger partial charge in [-0.2, -0.15) is 0 Å². The van der Waals surface area contributed by atoms with Crippen LogP contribution in [0.25, 0.3) is 0 Å². The Labute approximate surface area is 55.8 Å². The summed E-state index contributed by atoms with van der Waals surface area (Å²) in [5.74, 6) is 0.309. The van der Waals surface area contributed by atoms with E-state index in [1.807, 2.05) is 0 Å². The highest BCUT2D eigenvalue weighted by molar-refractivity contribution is 5.84. The molecule has 1 aliphatic rings. The van der Waals surface area contributed by atoms with E-state index >= 15 is 0 Å². The topological polar surface area (TPSA) is 20.1 Å². The molecule has 0 aliphatic carbocycles. The van der Waals surface area contributed by atoms with E-state index in [0.717, 1.165) is 6.54 Å². The molecular weight excluding hydrogens is 114 g/mol. The Morgan fingerprint density at radius 1 is 1.67 bits per heavy atom. The quantitative estimate of drug-likeness (QED) is 0.508. The van der Waals surface area contributed by atoms with Gasteiger partial charge < -0.3 is 0 Å². The van der Waals surface area contributed by atoms with E-state index in [0.29, 0.717) is 11.8 Å². The van der Waals surface area contributed by atoms with Crippen LogP contribution in [0.4, 0.5) is 0 Å². The molecule has 52 valence electrons. The third-order valence-corrected chi connectivity index (χ3v) is 1.78. The summed E-state index contributed by atoms with van der Waals surface area (Å²) in [6.45, 7) is 6.87. The molecule has 0 N–H and O–H groups in total. The van der Waals surface area contributed by atoms with Gasteiger partial charge in [-0.25, -0.2) is 0 Å². The molecule has 2 heteroatoms. The second-order valence-electron chi connectivity index (χ2n) is 2.92. The lowest BCUT2D eigenvalue weighted by Crippen LogP contribution is -2.15. The van der Waals surface area contributed by atoms with Gasteiger partial charge in [0.2, 0.25) is 0 Å².